The van der Waals surface area contributed by atoms with E-state index in [9.17, 15) is 4.79 Å². The van der Waals surface area contributed by atoms with Crippen LogP contribution in [0.4, 0.5) is 11.6 Å². The maximum atomic E-state index is 12.6. The summed E-state index contributed by atoms with van der Waals surface area (Å²) in [7, 11) is 4.04. The van der Waals surface area contributed by atoms with Gasteiger partial charge in [0, 0.05) is 17.9 Å². The molecule has 2 N–H and O–H groups in total. The SMILES string of the molecule is Cc1cc(C(=O)NCCCN(C)C)nc(Nc2c(C(C)C)cccc2C(C)C)n1. The summed E-state index contributed by atoms with van der Waals surface area (Å²) in [5, 5.41) is 6.36. The largest absolute Gasteiger partial charge is 0.351 e. The van der Waals surface area contributed by atoms with Gasteiger partial charge in [0.1, 0.15) is 5.69 Å². The molecule has 2 aromatic rings. The molecular weight excluding hydrogens is 362 g/mol. The number of aromatic nitrogens is 2. The zero-order chi connectivity index (χ0) is 21.6. The maximum Gasteiger partial charge on any atom is 0.270 e. The third kappa shape index (κ3) is 6.53. The molecule has 158 valence electrons. The molecule has 0 aliphatic heterocycles. The van der Waals surface area contributed by atoms with Crippen molar-refractivity contribution in [2.45, 2.75) is 52.9 Å². The first kappa shape index (κ1) is 22.8. The van der Waals surface area contributed by atoms with Crippen molar-refractivity contribution in [1.29, 1.82) is 0 Å². The molecule has 0 radical (unpaired) electrons. The van der Waals surface area contributed by atoms with E-state index in [1.807, 2.05) is 21.0 Å². The highest BCUT2D eigenvalue weighted by Gasteiger charge is 2.16. The predicted octanol–water partition coefficient (Wildman–Crippen LogP) is 4.46. The lowest BCUT2D eigenvalue weighted by atomic mass is 9.93. The standard InChI is InChI=1S/C23H35N5O/c1-15(2)18-10-8-11-19(16(3)4)21(18)27-23-25-17(5)14-20(26-23)22(29)24-12-9-13-28(6)7/h8,10-11,14-16H,9,12-13H2,1-7H3,(H,24,29)(H,25,26,27). The first-order valence-corrected chi connectivity index (χ1v) is 10.4. The Hall–Kier alpha value is -2.47. The molecule has 0 atom stereocenters. The lowest BCUT2D eigenvalue weighted by Gasteiger charge is -2.20. The molecule has 0 saturated heterocycles. The molecule has 2 rings (SSSR count). The third-order valence-electron chi connectivity index (χ3n) is 4.76. The van der Waals surface area contributed by atoms with E-state index in [-0.39, 0.29) is 5.91 Å². The van der Waals surface area contributed by atoms with Crippen molar-refractivity contribution in [3.05, 3.63) is 46.8 Å². The van der Waals surface area contributed by atoms with E-state index in [0.717, 1.165) is 24.3 Å². The van der Waals surface area contributed by atoms with E-state index in [0.29, 0.717) is 30.0 Å². The van der Waals surface area contributed by atoms with E-state index >= 15 is 0 Å². The summed E-state index contributed by atoms with van der Waals surface area (Å²) in [6.45, 7) is 12.1. The fourth-order valence-corrected chi connectivity index (χ4v) is 3.24. The summed E-state index contributed by atoms with van der Waals surface area (Å²) in [4.78, 5) is 23.7. The number of nitrogens with one attached hydrogen (secondary N) is 2. The van der Waals surface area contributed by atoms with Crippen LogP contribution >= 0.6 is 0 Å². The van der Waals surface area contributed by atoms with Crippen LogP contribution in [-0.4, -0.2) is 48.0 Å². The van der Waals surface area contributed by atoms with Gasteiger partial charge in [0.05, 0.1) is 0 Å². The number of carbonyl (C=O) groups excluding carboxylic acids is 1. The molecule has 0 aliphatic carbocycles. The minimum Gasteiger partial charge on any atom is -0.351 e. The van der Waals surface area contributed by atoms with Crippen LogP contribution in [0.25, 0.3) is 0 Å². The zero-order valence-electron chi connectivity index (χ0n) is 18.8. The van der Waals surface area contributed by atoms with Crippen molar-refractivity contribution in [3.63, 3.8) is 0 Å². The van der Waals surface area contributed by atoms with Crippen molar-refractivity contribution in [1.82, 2.24) is 20.2 Å². The fourth-order valence-electron chi connectivity index (χ4n) is 3.24. The Morgan fingerprint density at radius 2 is 1.69 bits per heavy atom. The molecule has 1 amide bonds. The first-order chi connectivity index (χ1) is 13.7. The number of anilines is 2. The fraction of sp³-hybridized carbons (Fsp3) is 0.522. The molecule has 1 aromatic carbocycles. The van der Waals surface area contributed by atoms with Gasteiger partial charge >= 0.3 is 0 Å². The minimum absolute atomic E-state index is 0.168. The highest BCUT2D eigenvalue weighted by molar-refractivity contribution is 5.92. The Morgan fingerprint density at radius 1 is 1.07 bits per heavy atom. The van der Waals surface area contributed by atoms with Gasteiger partial charge in [-0.25, -0.2) is 9.97 Å². The quantitative estimate of drug-likeness (QED) is 0.612. The Kier molecular flexibility index (Phi) is 8.14. The van der Waals surface area contributed by atoms with Crippen LogP contribution < -0.4 is 10.6 Å². The monoisotopic (exact) mass is 397 g/mol. The van der Waals surface area contributed by atoms with Crippen molar-refractivity contribution in [3.8, 4) is 0 Å². The Bertz CT molecular complexity index is 804. The zero-order valence-corrected chi connectivity index (χ0v) is 18.8. The number of aryl methyl sites for hydroxylation is 1. The van der Waals surface area contributed by atoms with Crippen molar-refractivity contribution in [2.75, 3.05) is 32.5 Å². The van der Waals surface area contributed by atoms with Crippen molar-refractivity contribution >= 4 is 17.5 Å². The first-order valence-electron chi connectivity index (χ1n) is 10.4. The molecule has 6 nitrogen and oxygen atoms in total. The normalized spacial score (nSPS) is 11.4. The smallest absolute Gasteiger partial charge is 0.270 e. The second-order valence-electron chi connectivity index (χ2n) is 8.38. The Balaban J connectivity index is 2.26. The average Bonchev–Trinajstić information content (AvgIpc) is 2.64. The second kappa shape index (κ2) is 10.3. The van der Waals surface area contributed by atoms with Gasteiger partial charge < -0.3 is 15.5 Å². The summed E-state index contributed by atoms with van der Waals surface area (Å²) >= 11 is 0. The summed E-state index contributed by atoms with van der Waals surface area (Å²) in [6, 6.07) is 8.09. The number of hydrogen-bond acceptors (Lipinski definition) is 5. The highest BCUT2D eigenvalue weighted by atomic mass is 16.1. The van der Waals surface area contributed by atoms with Crippen molar-refractivity contribution in [2.24, 2.45) is 0 Å². The number of nitrogens with zero attached hydrogens (tertiary/aromatic N) is 3. The summed E-state index contributed by atoms with van der Waals surface area (Å²) in [5.74, 6) is 1.01. The minimum atomic E-state index is -0.168. The average molecular weight is 398 g/mol. The van der Waals surface area contributed by atoms with Crippen LogP contribution in [0.15, 0.2) is 24.3 Å². The second-order valence-corrected chi connectivity index (χ2v) is 8.38. The maximum absolute atomic E-state index is 12.6. The van der Waals surface area contributed by atoms with E-state index < -0.39 is 0 Å². The van der Waals surface area contributed by atoms with Crippen LogP contribution in [0.3, 0.4) is 0 Å². The van der Waals surface area contributed by atoms with Crippen molar-refractivity contribution < 1.29 is 4.79 Å². The van der Waals surface area contributed by atoms with E-state index in [1.165, 1.54) is 11.1 Å². The lowest BCUT2D eigenvalue weighted by Crippen LogP contribution is -2.28. The third-order valence-corrected chi connectivity index (χ3v) is 4.76. The van der Waals surface area contributed by atoms with E-state index in [2.05, 4.69) is 71.4 Å². The number of rotatable bonds is 9. The molecule has 0 aliphatic rings. The van der Waals surface area contributed by atoms with Crippen LogP contribution in [0, 0.1) is 6.92 Å². The number of para-hydroxylation sites is 1. The molecule has 0 fully saturated rings. The number of benzene rings is 1. The van der Waals surface area contributed by atoms with Crippen LogP contribution in [0.1, 0.15) is 73.3 Å². The van der Waals surface area contributed by atoms with Gasteiger partial charge in [0.25, 0.3) is 5.91 Å². The molecular formula is C23H35N5O. The molecule has 6 heteroatoms. The predicted molar refractivity (Wildman–Crippen MR) is 120 cm³/mol. The summed E-state index contributed by atoms with van der Waals surface area (Å²) in [6.07, 6.45) is 0.896. The summed E-state index contributed by atoms with van der Waals surface area (Å²) < 4.78 is 0. The number of amides is 1. The topological polar surface area (TPSA) is 70.2 Å². The Labute approximate surface area is 175 Å². The molecule has 1 heterocycles. The van der Waals surface area contributed by atoms with Crippen LogP contribution in [0.2, 0.25) is 0 Å². The van der Waals surface area contributed by atoms with E-state index in [4.69, 9.17) is 0 Å². The van der Waals surface area contributed by atoms with Gasteiger partial charge in [-0.1, -0.05) is 45.9 Å². The lowest BCUT2D eigenvalue weighted by molar-refractivity contribution is 0.0947. The van der Waals surface area contributed by atoms with Crippen LogP contribution in [0.5, 0.6) is 0 Å². The molecule has 0 spiro atoms. The number of hydrogen-bond donors (Lipinski definition) is 2. The van der Waals surface area contributed by atoms with Gasteiger partial charge in [-0.2, -0.15) is 0 Å². The molecule has 1 aromatic heterocycles. The van der Waals surface area contributed by atoms with Gasteiger partial charge in [0.2, 0.25) is 5.95 Å². The Morgan fingerprint density at radius 3 is 2.24 bits per heavy atom. The van der Waals surface area contributed by atoms with Crippen LogP contribution in [-0.2, 0) is 0 Å². The number of carbonyl (C=O) groups is 1. The molecule has 0 unspecified atom stereocenters. The molecule has 0 saturated carbocycles. The summed E-state index contributed by atoms with van der Waals surface area (Å²) in [5.41, 5.74) is 4.62. The highest BCUT2D eigenvalue weighted by Crippen LogP contribution is 2.33. The molecule has 29 heavy (non-hydrogen) atoms. The van der Waals surface area contributed by atoms with E-state index in [1.54, 1.807) is 6.07 Å². The van der Waals surface area contributed by atoms with Gasteiger partial charge in [-0.15, -0.1) is 0 Å². The van der Waals surface area contributed by atoms with Gasteiger partial charge in [0.15, 0.2) is 0 Å². The van der Waals surface area contributed by atoms with Gasteiger partial charge in [-0.3, -0.25) is 4.79 Å². The molecule has 0 bridgehead atoms. The van der Waals surface area contributed by atoms with Gasteiger partial charge in [-0.05, 0) is 63.0 Å².